The molecule has 0 aliphatic heterocycles. The minimum Gasteiger partial charge on any atom is -0.482 e. The molecular formula is C22H20ClF3O3S2. The van der Waals surface area contributed by atoms with E-state index in [0.717, 1.165) is 50.9 Å². The summed E-state index contributed by atoms with van der Waals surface area (Å²) in [6, 6.07) is 9.42. The van der Waals surface area contributed by atoms with Crippen LogP contribution in [0.4, 0.5) is 13.2 Å². The Hall–Kier alpha value is -1.90. The number of ether oxygens (including phenoxy) is 1. The fourth-order valence-electron chi connectivity index (χ4n) is 3.16. The Bertz CT molecular complexity index is 1080. The van der Waals surface area contributed by atoms with Gasteiger partial charge < -0.3 is 9.84 Å². The fourth-order valence-corrected chi connectivity index (χ4v) is 5.80. The molecule has 1 aromatic heterocycles. The van der Waals surface area contributed by atoms with Crippen molar-refractivity contribution in [2.75, 3.05) is 12.4 Å². The van der Waals surface area contributed by atoms with Gasteiger partial charge in [0.05, 0.1) is 5.56 Å². The number of carboxylic acids is 1. The molecule has 0 aliphatic rings. The van der Waals surface area contributed by atoms with Gasteiger partial charge in [-0.2, -0.15) is 13.2 Å². The second kappa shape index (κ2) is 10.1. The van der Waals surface area contributed by atoms with Crippen LogP contribution in [0.15, 0.2) is 41.3 Å². The normalized spacial score (nSPS) is 11.8. The number of aryl methyl sites for hydroxylation is 2. The summed E-state index contributed by atoms with van der Waals surface area (Å²) in [6.45, 7) is 1.48. The third kappa shape index (κ3) is 6.08. The number of carboxylic acid groups (broad SMARTS) is 1. The van der Waals surface area contributed by atoms with E-state index in [4.69, 9.17) is 21.4 Å². The number of benzene rings is 2. The molecule has 1 heterocycles. The highest BCUT2D eigenvalue weighted by atomic mass is 35.5. The number of thioether (sulfide) groups is 1. The number of alkyl halides is 4. The average Bonchev–Trinajstić information content (AvgIpc) is 3.06. The van der Waals surface area contributed by atoms with Gasteiger partial charge in [-0.1, -0.05) is 6.07 Å². The monoisotopic (exact) mass is 488 g/mol. The van der Waals surface area contributed by atoms with Crippen LogP contribution in [0, 0.1) is 6.92 Å². The Labute approximate surface area is 191 Å². The second-order valence-corrected chi connectivity index (χ2v) is 9.48. The third-order valence-electron chi connectivity index (χ3n) is 4.65. The fraction of sp³-hybridized carbons (Fsp3) is 0.318. The van der Waals surface area contributed by atoms with Crippen LogP contribution in [-0.2, 0) is 23.3 Å². The van der Waals surface area contributed by atoms with Gasteiger partial charge in [-0.05, 0) is 72.4 Å². The van der Waals surface area contributed by atoms with Crippen molar-refractivity contribution in [2.45, 2.75) is 36.7 Å². The SMILES string of the molecule is Cc1cc(SCCCc2sc3cc(C(F)(F)F)ccc3c2CCl)ccc1OCC(=O)O. The van der Waals surface area contributed by atoms with Crippen molar-refractivity contribution in [1.29, 1.82) is 0 Å². The Morgan fingerprint density at radius 3 is 2.65 bits per heavy atom. The summed E-state index contributed by atoms with van der Waals surface area (Å²) >= 11 is 9.14. The van der Waals surface area contributed by atoms with Crippen LogP contribution in [0.3, 0.4) is 0 Å². The molecule has 3 rings (SSSR count). The Balaban J connectivity index is 1.61. The van der Waals surface area contributed by atoms with Crippen LogP contribution in [0.25, 0.3) is 10.1 Å². The minimum absolute atomic E-state index is 0.269. The third-order valence-corrected chi connectivity index (χ3v) is 7.25. The van der Waals surface area contributed by atoms with Gasteiger partial charge in [0.1, 0.15) is 5.75 Å². The molecule has 2 aromatic carbocycles. The molecule has 0 saturated heterocycles. The molecule has 0 amide bonds. The van der Waals surface area contributed by atoms with E-state index in [1.165, 1.54) is 23.5 Å². The molecule has 31 heavy (non-hydrogen) atoms. The average molecular weight is 489 g/mol. The van der Waals surface area contributed by atoms with Crippen molar-refractivity contribution in [3.63, 3.8) is 0 Å². The van der Waals surface area contributed by atoms with Gasteiger partial charge in [0, 0.05) is 20.4 Å². The van der Waals surface area contributed by atoms with E-state index >= 15 is 0 Å². The van der Waals surface area contributed by atoms with E-state index < -0.39 is 17.7 Å². The maximum atomic E-state index is 13.0. The molecule has 1 N–H and O–H groups in total. The van der Waals surface area contributed by atoms with Crippen LogP contribution < -0.4 is 4.74 Å². The first kappa shape index (κ1) is 23.8. The zero-order valence-electron chi connectivity index (χ0n) is 16.6. The molecule has 9 heteroatoms. The Morgan fingerprint density at radius 1 is 1.23 bits per heavy atom. The molecule has 3 nitrogen and oxygen atoms in total. The van der Waals surface area contributed by atoms with E-state index in [1.807, 2.05) is 19.1 Å². The van der Waals surface area contributed by atoms with Crippen LogP contribution >= 0.6 is 34.7 Å². The van der Waals surface area contributed by atoms with Gasteiger partial charge in [-0.25, -0.2) is 4.79 Å². The smallest absolute Gasteiger partial charge is 0.416 e. The predicted octanol–water partition coefficient (Wildman–Crippen LogP) is 7.16. The van der Waals surface area contributed by atoms with Gasteiger partial charge in [0.25, 0.3) is 0 Å². The van der Waals surface area contributed by atoms with Crippen molar-refractivity contribution in [1.82, 2.24) is 0 Å². The van der Waals surface area contributed by atoms with Crippen molar-refractivity contribution < 1.29 is 27.8 Å². The maximum Gasteiger partial charge on any atom is 0.416 e. The zero-order valence-corrected chi connectivity index (χ0v) is 19.0. The van der Waals surface area contributed by atoms with E-state index in [1.54, 1.807) is 17.8 Å². The van der Waals surface area contributed by atoms with Gasteiger partial charge in [-0.3, -0.25) is 0 Å². The predicted molar refractivity (Wildman–Crippen MR) is 120 cm³/mol. The molecule has 0 saturated carbocycles. The number of fused-ring (bicyclic) bond motifs is 1. The highest BCUT2D eigenvalue weighted by Gasteiger charge is 2.31. The summed E-state index contributed by atoms with van der Waals surface area (Å²) in [5, 5.41) is 9.50. The molecule has 0 atom stereocenters. The summed E-state index contributed by atoms with van der Waals surface area (Å²) in [4.78, 5) is 12.7. The van der Waals surface area contributed by atoms with Crippen molar-refractivity contribution in [2.24, 2.45) is 0 Å². The van der Waals surface area contributed by atoms with E-state index in [0.29, 0.717) is 10.4 Å². The molecule has 0 bridgehead atoms. The summed E-state index contributed by atoms with van der Waals surface area (Å²) < 4.78 is 44.8. The van der Waals surface area contributed by atoms with Crippen molar-refractivity contribution >= 4 is 50.8 Å². The van der Waals surface area contributed by atoms with E-state index in [2.05, 4.69) is 0 Å². The molecular weight excluding hydrogens is 469 g/mol. The summed E-state index contributed by atoms with van der Waals surface area (Å²) in [7, 11) is 0. The highest BCUT2D eigenvalue weighted by molar-refractivity contribution is 7.99. The standard InChI is InChI=1S/C22H20ClF3O3S2/c1-13-9-15(5-7-18(13)29-12-21(27)28)30-8-2-3-19-17(11-23)16-6-4-14(22(24,25)26)10-20(16)31-19/h4-7,9-10H,2-3,8,11-12H2,1H3,(H,27,28). The van der Waals surface area contributed by atoms with Crippen LogP contribution in [0.5, 0.6) is 5.75 Å². The van der Waals surface area contributed by atoms with Crippen molar-refractivity contribution in [3.05, 3.63) is 58.0 Å². The van der Waals surface area contributed by atoms with Gasteiger partial charge >= 0.3 is 12.1 Å². The molecule has 166 valence electrons. The zero-order chi connectivity index (χ0) is 22.6. The quantitative estimate of drug-likeness (QED) is 0.197. The van der Waals surface area contributed by atoms with Crippen LogP contribution in [0.2, 0.25) is 0 Å². The first-order chi connectivity index (χ1) is 14.7. The van der Waals surface area contributed by atoms with Gasteiger partial charge in [-0.15, -0.1) is 34.7 Å². The van der Waals surface area contributed by atoms with Gasteiger partial charge in [0.2, 0.25) is 0 Å². The number of carbonyl (C=O) groups is 1. The largest absolute Gasteiger partial charge is 0.482 e. The lowest BCUT2D eigenvalue weighted by molar-refractivity contribution is -0.139. The number of hydrogen-bond donors (Lipinski definition) is 1. The molecule has 0 fully saturated rings. The summed E-state index contributed by atoms with van der Waals surface area (Å²) in [5.74, 6) is 0.621. The highest BCUT2D eigenvalue weighted by Crippen LogP contribution is 2.38. The van der Waals surface area contributed by atoms with Crippen LogP contribution in [-0.4, -0.2) is 23.4 Å². The molecule has 0 spiro atoms. The first-order valence-corrected chi connectivity index (χ1v) is 11.8. The molecule has 0 aliphatic carbocycles. The van der Waals surface area contributed by atoms with E-state index in [-0.39, 0.29) is 12.5 Å². The second-order valence-electron chi connectivity index (χ2n) is 6.91. The van der Waals surface area contributed by atoms with Crippen LogP contribution in [0.1, 0.15) is 28.0 Å². The Morgan fingerprint density at radius 2 is 2.00 bits per heavy atom. The lowest BCUT2D eigenvalue weighted by Crippen LogP contribution is -2.09. The molecule has 3 aromatic rings. The lowest BCUT2D eigenvalue weighted by Gasteiger charge is -2.09. The number of rotatable bonds is 9. The number of thiophene rings is 1. The lowest BCUT2D eigenvalue weighted by atomic mass is 10.1. The summed E-state index contributed by atoms with van der Waals surface area (Å²) in [5.41, 5.74) is 1.13. The molecule has 0 radical (unpaired) electrons. The molecule has 0 unspecified atom stereocenters. The van der Waals surface area contributed by atoms with Gasteiger partial charge in [0.15, 0.2) is 6.61 Å². The van der Waals surface area contributed by atoms with Crippen molar-refractivity contribution in [3.8, 4) is 5.75 Å². The number of aliphatic carboxylic acids is 1. The first-order valence-electron chi connectivity index (χ1n) is 9.44. The summed E-state index contributed by atoms with van der Waals surface area (Å²) in [6.07, 6.45) is -2.76. The number of halogens is 4. The van der Waals surface area contributed by atoms with E-state index in [9.17, 15) is 18.0 Å². The number of hydrogen-bond acceptors (Lipinski definition) is 4. The Kier molecular flexibility index (Phi) is 7.78. The maximum absolute atomic E-state index is 13.0. The minimum atomic E-state index is -4.36. The topological polar surface area (TPSA) is 46.5 Å².